The Balaban J connectivity index is 1.72. The van der Waals surface area contributed by atoms with Gasteiger partial charge in [0.2, 0.25) is 0 Å². The normalized spacial score (nSPS) is 10.2. The highest BCUT2D eigenvalue weighted by molar-refractivity contribution is 7.80. The van der Waals surface area contributed by atoms with Crippen molar-refractivity contribution in [3.05, 3.63) is 54.1 Å². The van der Waals surface area contributed by atoms with Gasteiger partial charge in [-0.15, -0.1) is 0 Å². The lowest BCUT2D eigenvalue weighted by atomic mass is 10.1. The Morgan fingerprint density at radius 3 is 2.40 bits per heavy atom. The quantitative estimate of drug-likeness (QED) is 0.514. The van der Waals surface area contributed by atoms with Crippen molar-refractivity contribution in [1.29, 1.82) is 0 Å². The van der Waals surface area contributed by atoms with Crippen LogP contribution in [-0.2, 0) is 6.42 Å². The summed E-state index contributed by atoms with van der Waals surface area (Å²) in [6.45, 7) is 6.09. The molecule has 0 aromatic heterocycles. The fourth-order valence-corrected chi connectivity index (χ4v) is 2.64. The highest BCUT2D eigenvalue weighted by Crippen LogP contribution is 2.23. The average Bonchev–Trinajstić information content (AvgIpc) is 2.62. The molecule has 0 spiro atoms. The van der Waals surface area contributed by atoms with Crippen LogP contribution in [0.2, 0.25) is 0 Å². The molecule has 0 aliphatic rings. The summed E-state index contributed by atoms with van der Waals surface area (Å²) in [5, 5.41) is 7.05. The van der Waals surface area contributed by atoms with Crippen molar-refractivity contribution < 1.29 is 9.47 Å². The van der Waals surface area contributed by atoms with Crippen LogP contribution in [0, 0.1) is 0 Å². The van der Waals surface area contributed by atoms with Crippen LogP contribution in [0.5, 0.6) is 11.5 Å². The first-order valence-corrected chi connectivity index (χ1v) is 9.12. The van der Waals surface area contributed by atoms with Gasteiger partial charge < -0.3 is 20.1 Å². The molecule has 0 bridgehead atoms. The number of rotatable bonds is 9. The number of nitrogens with one attached hydrogen (secondary N) is 2. The lowest BCUT2D eigenvalue weighted by molar-refractivity contribution is 0.340. The lowest BCUT2D eigenvalue weighted by Gasteiger charge is -2.14. The second-order valence-corrected chi connectivity index (χ2v) is 5.90. The second kappa shape index (κ2) is 10.6. The molecular formula is C20H26N2O2S. The molecule has 2 aromatic rings. The monoisotopic (exact) mass is 358 g/mol. The Morgan fingerprint density at radius 1 is 0.960 bits per heavy atom. The zero-order valence-electron chi connectivity index (χ0n) is 14.9. The number of hydrogen-bond acceptors (Lipinski definition) is 3. The van der Waals surface area contributed by atoms with Crippen molar-refractivity contribution in [1.82, 2.24) is 5.32 Å². The first-order chi connectivity index (χ1) is 12.2. The number of aryl methyl sites for hydroxylation is 1. The Labute approximate surface area is 155 Å². The fraction of sp³-hybridized carbons (Fsp3) is 0.350. The fourth-order valence-electron chi connectivity index (χ4n) is 2.43. The van der Waals surface area contributed by atoms with Crippen molar-refractivity contribution in [2.75, 3.05) is 25.1 Å². The maximum absolute atomic E-state index is 5.59. The van der Waals surface area contributed by atoms with Crippen LogP contribution in [0.3, 0.4) is 0 Å². The Bertz CT molecular complexity index is 659. The highest BCUT2D eigenvalue weighted by Gasteiger charge is 2.04. The van der Waals surface area contributed by atoms with Gasteiger partial charge in [0.15, 0.2) is 5.11 Å². The van der Waals surface area contributed by atoms with E-state index >= 15 is 0 Å². The smallest absolute Gasteiger partial charge is 0.170 e. The van der Waals surface area contributed by atoms with Gasteiger partial charge in [-0.2, -0.15) is 0 Å². The number of ether oxygens (including phenoxy) is 2. The van der Waals surface area contributed by atoms with Gasteiger partial charge in [-0.25, -0.2) is 0 Å². The van der Waals surface area contributed by atoms with Crippen molar-refractivity contribution in [3.63, 3.8) is 0 Å². The van der Waals surface area contributed by atoms with Crippen LogP contribution < -0.4 is 20.1 Å². The zero-order valence-corrected chi connectivity index (χ0v) is 15.7. The molecule has 0 atom stereocenters. The number of thiocarbonyl (C=S) groups is 1. The topological polar surface area (TPSA) is 42.5 Å². The van der Waals surface area contributed by atoms with Gasteiger partial charge in [-0.05, 0) is 68.7 Å². The summed E-state index contributed by atoms with van der Waals surface area (Å²) in [7, 11) is 0. The average molecular weight is 359 g/mol. The third-order valence-electron chi connectivity index (χ3n) is 3.60. The van der Waals surface area contributed by atoms with Gasteiger partial charge in [-0.3, -0.25) is 0 Å². The van der Waals surface area contributed by atoms with Crippen molar-refractivity contribution >= 4 is 23.0 Å². The van der Waals surface area contributed by atoms with Crippen LogP contribution in [0.1, 0.15) is 25.8 Å². The number of hydrogen-bond donors (Lipinski definition) is 2. The predicted molar refractivity (Wildman–Crippen MR) is 108 cm³/mol. The van der Waals surface area contributed by atoms with Gasteiger partial charge in [0.25, 0.3) is 0 Å². The summed E-state index contributed by atoms with van der Waals surface area (Å²) < 4.78 is 11.0. The van der Waals surface area contributed by atoms with Crippen LogP contribution >= 0.6 is 12.2 Å². The second-order valence-electron chi connectivity index (χ2n) is 5.49. The molecule has 0 fully saturated rings. The molecule has 134 valence electrons. The van der Waals surface area contributed by atoms with E-state index in [0.717, 1.165) is 36.6 Å². The molecule has 0 unspecified atom stereocenters. The predicted octanol–water partition coefficient (Wildman–Crippen LogP) is 4.40. The maximum atomic E-state index is 5.59. The minimum absolute atomic E-state index is 0.610. The number of anilines is 1. The summed E-state index contributed by atoms with van der Waals surface area (Å²) in [5.41, 5.74) is 2.18. The van der Waals surface area contributed by atoms with E-state index in [-0.39, 0.29) is 0 Å². The van der Waals surface area contributed by atoms with Crippen molar-refractivity contribution in [3.8, 4) is 11.5 Å². The Kier molecular flexibility index (Phi) is 8.05. The Hall–Kier alpha value is -2.27. The van der Waals surface area contributed by atoms with E-state index in [1.165, 1.54) is 5.56 Å². The van der Waals surface area contributed by atoms with E-state index < -0.39 is 0 Å². The van der Waals surface area contributed by atoms with E-state index in [1.807, 2.05) is 50.2 Å². The van der Waals surface area contributed by atoms with E-state index in [4.69, 9.17) is 21.7 Å². The maximum Gasteiger partial charge on any atom is 0.170 e. The molecule has 0 aliphatic heterocycles. The summed E-state index contributed by atoms with van der Waals surface area (Å²) in [6.07, 6.45) is 2.00. The van der Waals surface area contributed by atoms with Crippen molar-refractivity contribution in [2.45, 2.75) is 26.7 Å². The molecule has 2 aromatic carbocycles. The van der Waals surface area contributed by atoms with Gasteiger partial charge in [0.05, 0.1) is 18.9 Å². The van der Waals surface area contributed by atoms with Crippen molar-refractivity contribution in [2.24, 2.45) is 0 Å². The summed E-state index contributed by atoms with van der Waals surface area (Å²) >= 11 is 5.36. The van der Waals surface area contributed by atoms with E-state index in [2.05, 4.69) is 22.8 Å². The largest absolute Gasteiger partial charge is 0.494 e. The van der Waals surface area contributed by atoms with Crippen LogP contribution in [0.25, 0.3) is 0 Å². The number of benzene rings is 2. The molecule has 2 rings (SSSR count). The molecule has 5 heteroatoms. The van der Waals surface area contributed by atoms with Crippen LogP contribution in [-0.4, -0.2) is 24.9 Å². The molecule has 25 heavy (non-hydrogen) atoms. The molecule has 0 saturated carbocycles. The van der Waals surface area contributed by atoms with E-state index in [0.29, 0.717) is 18.3 Å². The van der Waals surface area contributed by atoms with Crippen LogP contribution in [0.4, 0.5) is 5.69 Å². The van der Waals surface area contributed by atoms with Gasteiger partial charge in [-0.1, -0.05) is 24.3 Å². The van der Waals surface area contributed by atoms with Gasteiger partial charge >= 0.3 is 0 Å². The molecule has 0 amide bonds. The minimum atomic E-state index is 0.610. The first-order valence-electron chi connectivity index (χ1n) is 8.71. The summed E-state index contributed by atoms with van der Waals surface area (Å²) in [6, 6.07) is 16.0. The molecule has 0 heterocycles. The Morgan fingerprint density at radius 2 is 1.68 bits per heavy atom. The van der Waals surface area contributed by atoms with E-state index in [9.17, 15) is 0 Å². The third-order valence-corrected chi connectivity index (χ3v) is 3.84. The lowest BCUT2D eigenvalue weighted by Crippen LogP contribution is -2.29. The SMILES string of the molecule is CCOc1ccc(CCCNC(=S)Nc2ccccc2OCC)cc1. The number of para-hydroxylation sites is 2. The molecule has 0 radical (unpaired) electrons. The van der Waals surface area contributed by atoms with Gasteiger partial charge in [0, 0.05) is 6.54 Å². The molecule has 0 aliphatic carbocycles. The minimum Gasteiger partial charge on any atom is -0.494 e. The molecule has 4 nitrogen and oxygen atoms in total. The summed E-state index contributed by atoms with van der Waals surface area (Å²) in [4.78, 5) is 0. The zero-order chi connectivity index (χ0) is 17.9. The molecule has 2 N–H and O–H groups in total. The standard InChI is InChI=1S/C20H26N2O2S/c1-3-23-17-13-11-16(12-14-17)8-7-15-21-20(25)22-18-9-5-6-10-19(18)24-4-2/h5-6,9-14H,3-4,7-8,15H2,1-2H3,(H2,21,22,25). The highest BCUT2D eigenvalue weighted by atomic mass is 32.1. The summed E-state index contributed by atoms with van der Waals surface area (Å²) in [5.74, 6) is 1.73. The molecule has 0 saturated heterocycles. The van der Waals surface area contributed by atoms with Crippen LogP contribution in [0.15, 0.2) is 48.5 Å². The molecular weight excluding hydrogens is 332 g/mol. The van der Waals surface area contributed by atoms with Gasteiger partial charge in [0.1, 0.15) is 11.5 Å². The third kappa shape index (κ3) is 6.63. The first kappa shape index (κ1) is 19.1. The van der Waals surface area contributed by atoms with E-state index in [1.54, 1.807) is 0 Å².